The number of amides is 2. The zero-order chi connectivity index (χ0) is 22.7. The van der Waals surface area contributed by atoms with E-state index in [0.717, 1.165) is 16.8 Å². The van der Waals surface area contributed by atoms with Crippen LogP contribution in [0.1, 0.15) is 22.4 Å². The number of urea groups is 1. The van der Waals surface area contributed by atoms with E-state index in [9.17, 15) is 9.59 Å². The van der Waals surface area contributed by atoms with Gasteiger partial charge in [0, 0.05) is 29.7 Å². The molecule has 2 heterocycles. The Kier molecular flexibility index (Phi) is 5.89. The van der Waals surface area contributed by atoms with Crippen LogP contribution in [0.2, 0.25) is 0 Å². The average molecular weight is 428 g/mol. The molecule has 0 saturated heterocycles. The predicted octanol–water partition coefficient (Wildman–Crippen LogP) is 4.84. The standard InChI is InChI=1S/C25H24N4O3/c1-16-9-10-29-23(11-16)26-21(14-24(29)30)15-32-22-6-4-5-19(13-22)27-25(31)28-20-8-7-17(2)18(3)12-20/h4-14H,15H2,1-3H3,(H2,27,28,31). The summed E-state index contributed by atoms with van der Waals surface area (Å²) >= 11 is 0. The van der Waals surface area contributed by atoms with Gasteiger partial charge in [-0.15, -0.1) is 0 Å². The quantitative estimate of drug-likeness (QED) is 0.476. The number of aryl methyl sites for hydroxylation is 3. The van der Waals surface area contributed by atoms with Crippen molar-refractivity contribution in [1.82, 2.24) is 9.38 Å². The van der Waals surface area contributed by atoms with Crippen molar-refractivity contribution in [1.29, 1.82) is 0 Å². The molecule has 0 aliphatic heterocycles. The maximum absolute atomic E-state index is 12.3. The highest BCUT2D eigenvalue weighted by atomic mass is 16.5. The lowest BCUT2D eigenvalue weighted by Crippen LogP contribution is -2.19. The van der Waals surface area contributed by atoms with Gasteiger partial charge in [0.15, 0.2) is 0 Å². The van der Waals surface area contributed by atoms with E-state index in [2.05, 4.69) is 15.6 Å². The number of fused-ring (bicyclic) bond motifs is 1. The summed E-state index contributed by atoms with van der Waals surface area (Å²) in [5.41, 5.74) is 5.56. The number of aromatic nitrogens is 2. The van der Waals surface area contributed by atoms with Crippen LogP contribution < -0.4 is 20.9 Å². The second-order valence-electron chi connectivity index (χ2n) is 7.71. The fourth-order valence-corrected chi connectivity index (χ4v) is 3.26. The van der Waals surface area contributed by atoms with Crippen LogP contribution in [0.3, 0.4) is 0 Å². The third kappa shape index (κ3) is 4.95. The number of rotatable bonds is 5. The van der Waals surface area contributed by atoms with Crippen LogP contribution in [0.15, 0.2) is 71.7 Å². The van der Waals surface area contributed by atoms with E-state index < -0.39 is 0 Å². The molecule has 32 heavy (non-hydrogen) atoms. The van der Waals surface area contributed by atoms with Gasteiger partial charge in [-0.25, -0.2) is 9.78 Å². The van der Waals surface area contributed by atoms with Crippen molar-refractivity contribution in [2.45, 2.75) is 27.4 Å². The molecule has 0 atom stereocenters. The lowest BCUT2D eigenvalue weighted by atomic mass is 10.1. The number of nitrogens with one attached hydrogen (secondary N) is 2. The fourth-order valence-electron chi connectivity index (χ4n) is 3.26. The van der Waals surface area contributed by atoms with Gasteiger partial charge in [-0.1, -0.05) is 12.1 Å². The van der Waals surface area contributed by atoms with Gasteiger partial charge in [0.2, 0.25) is 0 Å². The van der Waals surface area contributed by atoms with Crippen molar-refractivity contribution < 1.29 is 9.53 Å². The summed E-state index contributed by atoms with van der Waals surface area (Å²) in [5.74, 6) is 0.556. The molecule has 2 aromatic carbocycles. The highest BCUT2D eigenvalue weighted by molar-refractivity contribution is 5.99. The number of ether oxygens (including phenoxy) is 1. The molecule has 0 aliphatic rings. The van der Waals surface area contributed by atoms with Gasteiger partial charge in [0.25, 0.3) is 5.56 Å². The second kappa shape index (κ2) is 8.93. The molecule has 2 N–H and O–H groups in total. The highest BCUT2D eigenvalue weighted by Gasteiger charge is 2.07. The second-order valence-corrected chi connectivity index (χ2v) is 7.71. The van der Waals surface area contributed by atoms with Crippen LogP contribution in [0.25, 0.3) is 5.65 Å². The monoisotopic (exact) mass is 428 g/mol. The predicted molar refractivity (Wildman–Crippen MR) is 126 cm³/mol. The zero-order valence-corrected chi connectivity index (χ0v) is 18.2. The van der Waals surface area contributed by atoms with Crippen molar-refractivity contribution in [3.05, 3.63) is 99.6 Å². The summed E-state index contributed by atoms with van der Waals surface area (Å²) in [6.45, 7) is 6.11. The van der Waals surface area contributed by atoms with Gasteiger partial charge < -0.3 is 15.4 Å². The molecule has 0 saturated carbocycles. The van der Waals surface area contributed by atoms with Gasteiger partial charge in [-0.05, 0) is 73.9 Å². The normalized spacial score (nSPS) is 10.7. The Labute approximate surface area is 185 Å². The van der Waals surface area contributed by atoms with Crippen LogP contribution in [-0.4, -0.2) is 15.4 Å². The lowest BCUT2D eigenvalue weighted by Gasteiger charge is -2.11. The number of pyridine rings is 1. The topological polar surface area (TPSA) is 84.7 Å². The molecule has 2 amide bonds. The minimum absolute atomic E-state index is 0.137. The third-order valence-electron chi connectivity index (χ3n) is 5.12. The molecule has 0 fully saturated rings. The average Bonchev–Trinajstić information content (AvgIpc) is 2.75. The Hall–Kier alpha value is -4.13. The fraction of sp³-hybridized carbons (Fsp3) is 0.160. The summed E-state index contributed by atoms with van der Waals surface area (Å²) in [4.78, 5) is 29.1. The molecule has 4 rings (SSSR count). The van der Waals surface area contributed by atoms with E-state index in [1.54, 1.807) is 30.5 Å². The van der Waals surface area contributed by atoms with Crippen LogP contribution in [0.4, 0.5) is 16.2 Å². The lowest BCUT2D eigenvalue weighted by molar-refractivity contribution is 0.262. The first-order valence-electron chi connectivity index (χ1n) is 10.2. The number of carbonyl (C=O) groups is 1. The van der Waals surface area contributed by atoms with Gasteiger partial charge in [0.05, 0.1) is 5.69 Å². The van der Waals surface area contributed by atoms with Crippen molar-refractivity contribution >= 4 is 23.1 Å². The van der Waals surface area contributed by atoms with E-state index in [0.29, 0.717) is 22.8 Å². The number of nitrogens with zero attached hydrogens (tertiary/aromatic N) is 2. The molecule has 4 aromatic rings. The van der Waals surface area contributed by atoms with Crippen molar-refractivity contribution in [3.63, 3.8) is 0 Å². The summed E-state index contributed by atoms with van der Waals surface area (Å²) in [6.07, 6.45) is 1.71. The molecule has 0 aliphatic carbocycles. The molecule has 7 nitrogen and oxygen atoms in total. The van der Waals surface area contributed by atoms with Gasteiger partial charge in [0.1, 0.15) is 18.0 Å². The first-order valence-corrected chi connectivity index (χ1v) is 10.2. The van der Waals surface area contributed by atoms with Crippen LogP contribution >= 0.6 is 0 Å². The summed E-state index contributed by atoms with van der Waals surface area (Å²) in [7, 11) is 0. The number of hydrogen-bond acceptors (Lipinski definition) is 4. The molecular weight excluding hydrogens is 404 g/mol. The SMILES string of the molecule is Cc1ccn2c(=O)cc(COc3cccc(NC(=O)Nc4ccc(C)c(C)c4)c3)nc2c1. The Morgan fingerprint density at radius 3 is 2.50 bits per heavy atom. The number of anilines is 2. The van der Waals surface area contributed by atoms with Crippen molar-refractivity contribution in [2.24, 2.45) is 0 Å². The Balaban J connectivity index is 1.42. The van der Waals surface area contributed by atoms with Crippen LogP contribution in [0.5, 0.6) is 5.75 Å². The number of hydrogen-bond donors (Lipinski definition) is 2. The molecule has 162 valence electrons. The molecule has 7 heteroatoms. The third-order valence-corrected chi connectivity index (χ3v) is 5.12. The van der Waals surface area contributed by atoms with Gasteiger partial charge in [-0.3, -0.25) is 9.20 Å². The van der Waals surface area contributed by atoms with Crippen molar-refractivity contribution in [2.75, 3.05) is 10.6 Å². The Morgan fingerprint density at radius 1 is 0.938 bits per heavy atom. The molecular formula is C25H24N4O3. The van der Waals surface area contributed by atoms with Gasteiger partial charge >= 0.3 is 6.03 Å². The van der Waals surface area contributed by atoms with E-state index in [1.165, 1.54) is 16.0 Å². The number of benzene rings is 2. The van der Waals surface area contributed by atoms with E-state index in [4.69, 9.17) is 4.74 Å². The molecule has 0 spiro atoms. The first-order chi connectivity index (χ1) is 15.4. The molecule has 0 bridgehead atoms. The largest absolute Gasteiger partial charge is 0.487 e. The van der Waals surface area contributed by atoms with E-state index in [1.807, 2.05) is 51.1 Å². The van der Waals surface area contributed by atoms with Gasteiger partial charge in [-0.2, -0.15) is 0 Å². The van der Waals surface area contributed by atoms with Crippen LogP contribution in [-0.2, 0) is 6.61 Å². The summed E-state index contributed by atoms with van der Waals surface area (Å²) in [5, 5.41) is 5.63. The highest BCUT2D eigenvalue weighted by Crippen LogP contribution is 2.19. The zero-order valence-electron chi connectivity index (χ0n) is 18.2. The molecule has 2 aromatic heterocycles. The van der Waals surface area contributed by atoms with Crippen LogP contribution in [0, 0.1) is 20.8 Å². The van der Waals surface area contributed by atoms with E-state index in [-0.39, 0.29) is 18.2 Å². The van der Waals surface area contributed by atoms with E-state index >= 15 is 0 Å². The number of carbonyl (C=O) groups excluding carboxylic acids is 1. The molecule has 0 radical (unpaired) electrons. The summed E-state index contributed by atoms with van der Waals surface area (Å²) in [6, 6.07) is 17.6. The van der Waals surface area contributed by atoms with Crippen molar-refractivity contribution in [3.8, 4) is 5.75 Å². The minimum atomic E-state index is -0.343. The maximum atomic E-state index is 12.3. The molecule has 0 unspecified atom stereocenters. The Bertz CT molecular complexity index is 1360. The maximum Gasteiger partial charge on any atom is 0.323 e. The summed E-state index contributed by atoms with van der Waals surface area (Å²) < 4.78 is 7.31. The Morgan fingerprint density at radius 2 is 1.72 bits per heavy atom. The minimum Gasteiger partial charge on any atom is -0.487 e. The first kappa shape index (κ1) is 21.1. The smallest absolute Gasteiger partial charge is 0.323 e.